The van der Waals surface area contributed by atoms with Crippen LogP contribution in [0.4, 0.5) is 11.5 Å². The van der Waals surface area contributed by atoms with Crippen LogP contribution in [-0.2, 0) is 9.53 Å². The first-order chi connectivity index (χ1) is 9.83. The standard InChI is InChI=1S/C12H17ClN4O4/c1-5-8(11(18)21-4)16(7(2)3)10-9(17(19)20)6-14-12(13)15-10/h6-8H,5H2,1-4H3/t8-/m0/s1. The van der Waals surface area contributed by atoms with Crippen LogP contribution in [0.25, 0.3) is 0 Å². The molecule has 0 fully saturated rings. The van der Waals surface area contributed by atoms with Gasteiger partial charge in [0.15, 0.2) is 0 Å². The molecule has 0 bridgehead atoms. The average Bonchev–Trinajstić information content (AvgIpc) is 2.42. The Morgan fingerprint density at radius 1 is 1.57 bits per heavy atom. The Hall–Kier alpha value is -1.96. The van der Waals surface area contributed by atoms with Crippen LogP contribution >= 0.6 is 11.6 Å². The van der Waals surface area contributed by atoms with E-state index in [0.29, 0.717) is 6.42 Å². The molecular formula is C12H17ClN4O4. The fourth-order valence-electron chi connectivity index (χ4n) is 2.03. The van der Waals surface area contributed by atoms with Crippen molar-refractivity contribution < 1.29 is 14.5 Å². The Kier molecular flexibility index (Phi) is 5.83. The first-order valence-corrected chi connectivity index (χ1v) is 6.74. The Bertz CT molecular complexity index is 538. The van der Waals surface area contributed by atoms with Gasteiger partial charge in [0.1, 0.15) is 12.2 Å². The molecule has 0 aliphatic heterocycles. The summed E-state index contributed by atoms with van der Waals surface area (Å²) >= 11 is 5.74. The molecule has 1 rings (SSSR count). The van der Waals surface area contributed by atoms with Crippen LogP contribution in [0.2, 0.25) is 5.28 Å². The molecule has 8 nitrogen and oxygen atoms in total. The van der Waals surface area contributed by atoms with Gasteiger partial charge in [0.2, 0.25) is 11.1 Å². The van der Waals surface area contributed by atoms with Crippen molar-refractivity contribution in [2.24, 2.45) is 0 Å². The van der Waals surface area contributed by atoms with E-state index in [2.05, 4.69) is 9.97 Å². The smallest absolute Gasteiger partial charge is 0.329 e. The quantitative estimate of drug-likeness (QED) is 0.343. The van der Waals surface area contributed by atoms with E-state index in [4.69, 9.17) is 16.3 Å². The fraction of sp³-hybridized carbons (Fsp3) is 0.583. The monoisotopic (exact) mass is 316 g/mol. The number of esters is 1. The summed E-state index contributed by atoms with van der Waals surface area (Å²) in [5.74, 6) is -0.484. The van der Waals surface area contributed by atoms with Crippen LogP contribution in [0.1, 0.15) is 27.2 Å². The van der Waals surface area contributed by atoms with Crippen LogP contribution in [-0.4, -0.2) is 40.1 Å². The molecule has 0 aliphatic carbocycles. The molecule has 0 aliphatic rings. The molecule has 0 spiro atoms. The van der Waals surface area contributed by atoms with Crippen molar-refractivity contribution in [3.63, 3.8) is 0 Å². The van der Waals surface area contributed by atoms with Crippen LogP contribution in [0.3, 0.4) is 0 Å². The van der Waals surface area contributed by atoms with Crippen molar-refractivity contribution in [3.05, 3.63) is 21.6 Å². The number of aromatic nitrogens is 2. The zero-order chi connectivity index (χ0) is 16.2. The van der Waals surface area contributed by atoms with Gasteiger partial charge in [-0.15, -0.1) is 0 Å². The first-order valence-electron chi connectivity index (χ1n) is 6.36. The van der Waals surface area contributed by atoms with E-state index in [1.807, 2.05) is 0 Å². The van der Waals surface area contributed by atoms with Gasteiger partial charge in [-0.2, -0.15) is 4.98 Å². The van der Waals surface area contributed by atoms with Gasteiger partial charge >= 0.3 is 11.7 Å². The van der Waals surface area contributed by atoms with Gasteiger partial charge in [-0.25, -0.2) is 9.78 Å². The van der Waals surface area contributed by atoms with Gasteiger partial charge in [-0.05, 0) is 31.9 Å². The van der Waals surface area contributed by atoms with E-state index in [-0.39, 0.29) is 22.8 Å². The predicted molar refractivity (Wildman–Crippen MR) is 77.4 cm³/mol. The Morgan fingerprint density at radius 3 is 2.62 bits per heavy atom. The third-order valence-corrected chi connectivity index (χ3v) is 3.10. The number of halogens is 1. The molecule has 0 N–H and O–H groups in total. The summed E-state index contributed by atoms with van der Waals surface area (Å²) in [5.41, 5.74) is -0.310. The molecule has 0 radical (unpaired) electrons. The highest BCUT2D eigenvalue weighted by molar-refractivity contribution is 6.28. The Labute approximate surface area is 127 Å². The SMILES string of the molecule is CC[C@@H](C(=O)OC)N(c1nc(Cl)ncc1[N+](=O)[O-])C(C)C. The normalized spacial score (nSPS) is 12.1. The summed E-state index contributed by atoms with van der Waals surface area (Å²) in [5, 5.41) is 11.0. The van der Waals surface area contributed by atoms with Crippen molar-refractivity contribution in [3.8, 4) is 0 Å². The minimum Gasteiger partial charge on any atom is -0.467 e. The van der Waals surface area contributed by atoms with Crippen molar-refractivity contribution in [2.45, 2.75) is 39.3 Å². The number of nitrogens with zero attached hydrogens (tertiary/aromatic N) is 4. The van der Waals surface area contributed by atoms with Crippen LogP contribution in [0.15, 0.2) is 6.20 Å². The molecular weight excluding hydrogens is 300 g/mol. The molecule has 1 aromatic heterocycles. The number of hydrogen-bond donors (Lipinski definition) is 0. The highest BCUT2D eigenvalue weighted by Gasteiger charge is 2.33. The number of rotatable bonds is 6. The molecule has 21 heavy (non-hydrogen) atoms. The number of nitro groups is 1. The lowest BCUT2D eigenvalue weighted by Gasteiger charge is -2.33. The van der Waals surface area contributed by atoms with Crippen molar-refractivity contribution in [1.82, 2.24) is 9.97 Å². The number of carbonyl (C=O) groups is 1. The summed E-state index contributed by atoms with van der Waals surface area (Å²) in [6.07, 6.45) is 1.44. The molecule has 0 amide bonds. The number of hydrogen-bond acceptors (Lipinski definition) is 7. The molecule has 0 saturated carbocycles. The summed E-state index contributed by atoms with van der Waals surface area (Å²) in [4.78, 5) is 31.5. The second-order valence-electron chi connectivity index (χ2n) is 4.55. The number of anilines is 1. The lowest BCUT2D eigenvalue weighted by molar-refractivity contribution is -0.384. The molecule has 1 atom stereocenters. The van der Waals surface area contributed by atoms with Gasteiger partial charge in [0, 0.05) is 6.04 Å². The number of methoxy groups -OCH3 is 1. The van der Waals surface area contributed by atoms with E-state index < -0.39 is 16.9 Å². The predicted octanol–water partition coefficient (Wildman–Crippen LogP) is 2.20. The lowest BCUT2D eigenvalue weighted by atomic mass is 10.1. The molecule has 0 aromatic carbocycles. The fourth-order valence-corrected chi connectivity index (χ4v) is 2.16. The molecule has 0 saturated heterocycles. The topological polar surface area (TPSA) is 98.5 Å². The van der Waals surface area contributed by atoms with Crippen molar-refractivity contribution in [1.29, 1.82) is 0 Å². The Balaban J connectivity index is 3.44. The van der Waals surface area contributed by atoms with E-state index in [1.54, 1.807) is 20.8 Å². The van der Waals surface area contributed by atoms with Gasteiger partial charge in [-0.1, -0.05) is 6.92 Å². The number of ether oxygens (including phenoxy) is 1. The van der Waals surface area contributed by atoms with Gasteiger partial charge in [-0.3, -0.25) is 10.1 Å². The minimum atomic E-state index is -0.695. The van der Waals surface area contributed by atoms with Gasteiger partial charge < -0.3 is 9.64 Å². The summed E-state index contributed by atoms with van der Waals surface area (Å²) < 4.78 is 4.76. The zero-order valence-electron chi connectivity index (χ0n) is 12.2. The molecule has 1 aromatic rings. The van der Waals surface area contributed by atoms with Gasteiger partial charge in [0.25, 0.3) is 0 Å². The lowest BCUT2D eigenvalue weighted by Crippen LogP contribution is -2.46. The van der Waals surface area contributed by atoms with Crippen LogP contribution < -0.4 is 4.90 Å². The minimum absolute atomic E-state index is 0.00671. The summed E-state index contributed by atoms with van der Waals surface area (Å²) in [7, 11) is 1.27. The maximum atomic E-state index is 11.9. The van der Waals surface area contributed by atoms with Crippen molar-refractivity contribution >= 4 is 29.1 Å². The second-order valence-corrected chi connectivity index (χ2v) is 4.89. The summed E-state index contributed by atoms with van der Waals surface area (Å²) in [6, 6.07) is -0.918. The average molecular weight is 317 g/mol. The van der Waals surface area contributed by atoms with Crippen LogP contribution in [0.5, 0.6) is 0 Å². The Morgan fingerprint density at radius 2 is 2.19 bits per heavy atom. The first kappa shape index (κ1) is 17.1. The highest BCUT2D eigenvalue weighted by Crippen LogP contribution is 2.30. The maximum absolute atomic E-state index is 11.9. The van der Waals surface area contributed by atoms with Crippen molar-refractivity contribution in [2.75, 3.05) is 12.0 Å². The largest absolute Gasteiger partial charge is 0.467 e. The highest BCUT2D eigenvalue weighted by atomic mass is 35.5. The molecule has 1 heterocycles. The summed E-state index contributed by atoms with van der Waals surface area (Å²) in [6.45, 7) is 5.38. The molecule has 116 valence electrons. The zero-order valence-corrected chi connectivity index (χ0v) is 13.0. The number of carbonyl (C=O) groups excluding carboxylic acids is 1. The van der Waals surface area contributed by atoms with E-state index in [9.17, 15) is 14.9 Å². The third kappa shape index (κ3) is 3.78. The third-order valence-electron chi connectivity index (χ3n) is 2.91. The molecule has 0 unspecified atom stereocenters. The maximum Gasteiger partial charge on any atom is 0.329 e. The van der Waals surface area contributed by atoms with E-state index in [0.717, 1.165) is 6.20 Å². The second kappa shape index (κ2) is 7.16. The molecule has 9 heteroatoms. The van der Waals surface area contributed by atoms with Gasteiger partial charge in [0.05, 0.1) is 12.0 Å². The van der Waals surface area contributed by atoms with E-state index >= 15 is 0 Å². The van der Waals surface area contributed by atoms with E-state index in [1.165, 1.54) is 12.0 Å². The van der Waals surface area contributed by atoms with Crippen LogP contribution in [0, 0.1) is 10.1 Å².